The number of hydrogen-bond donors (Lipinski definition) is 1. The molecule has 1 aliphatic carbocycles. The molecule has 204 valence electrons. The Kier molecular flexibility index (Phi) is 7.51. The third-order valence-electron chi connectivity index (χ3n) is 7.77. The van der Waals surface area contributed by atoms with Crippen molar-refractivity contribution >= 4 is 11.7 Å². The molecule has 39 heavy (non-hydrogen) atoms. The zero-order valence-corrected chi connectivity index (χ0v) is 22.1. The van der Waals surface area contributed by atoms with E-state index in [9.17, 15) is 23.5 Å². The van der Waals surface area contributed by atoms with E-state index in [-0.39, 0.29) is 23.2 Å². The van der Waals surface area contributed by atoms with E-state index in [0.29, 0.717) is 18.7 Å². The van der Waals surface area contributed by atoms with Crippen LogP contribution in [0.5, 0.6) is 5.75 Å². The van der Waals surface area contributed by atoms with E-state index < -0.39 is 29.3 Å². The Morgan fingerprint density at radius 2 is 1.56 bits per heavy atom. The topological polar surface area (TPSA) is 70.1 Å². The number of rotatable bonds is 9. The number of likely N-dealkylation sites (N-methyl/N-ethyl adjacent to an activating group) is 1. The molecule has 3 aromatic carbocycles. The average molecular weight is 535 g/mol. The fraction of sp³-hybridized carbons (Fsp3) is 0.355. The van der Waals surface area contributed by atoms with Crippen molar-refractivity contribution in [3.05, 3.63) is 89.5 Å². The molecule has 1 saturated heterocycles. The summed E-state index contributed by atoms with van der Waals surface area (Å²) < 4.78 is 33.9. The quantitative estimate of drug-likeness (QED) is 0.304. The zero-order chi connectivity index (χ0) is 27.7. The molecule has 0 bridgehead atoms. The molecule has 8 heteroatoms. The maximum absolute atomic E-state index is 15.0. The first kappa shape index (κ1) is 27.0. The molecule has 2 atom stereocenters. The lowest BCUT2D eigenvalue weighted by Gasteiger charge is -2.45. The van der Waals surface area contributed by atoms with Gasteiger partial charge in [-0.2, -0.15) is 0 Å². The van der Waals surface area contributed by atoms with Crippen molar-refractivity contribution in [1.29, 1.82) is 0 Å². The van der Waals surface area contributed by atoms with Crippen LogP contribution in [0.25, 0.3) is 11.1 Å². The van der Waals surface area contributed by atoms with Crippen LogP contribution in [-0.2, 0) is 10.5 Å². The van der Waals surface area contributed by atoms with Crippen molar-refractivity contribution in [1.82, 2.24) is 9.80 Å². The number of ketones is 1. The minimum Gasteiger partial charge on any atom is -0.487 e. The average Bonchev–Trinajstić information content (AvgIpc) is 3.60. The molecule has 0 aromatic heterocycles. The number of hydrogen-bond acceptors (Lipinski definition) is 5. The first-order valence-electron chi connectivity index (χ1n) is 13.3. The predicted molar refractivity (Wildman–Crippen MR) is 143 cm³/mol. The number of amides is 1. The monoisotopic (exact) mass is 534 g/mol. The lowest BCUT2D eigenvalue weighted by atomic mass is 9.92. The lowest BCUT2D eigenvalue weighted by molar-refractivity contribution is -0.163. The van der Waals surface area contributed by atoms with Crippen molar-refractivity contribution in [2.45, 2.75) is 50.5 Å². The van der Waals surface area contributed by atoms with E-state index in [4.69, 9.17) is 4.74 Å². The minimum absolute atomic E-state index is 0.0289. The molecule has 0 spiro atoms. The number of likely N-dealkylation sites (tertiary alicyclic amines) is 1. The fourth-order valence-electron chi connectivity index (χ4n) is 5.12. The summed E-state index contributed by atoms with van der Waals surface area (Å²) >= 11 is 0. The summed E-state index contributed by atoms with van der Waals surface area (Å²) in [5.41, 5.74) is 0.340. The van der Waals surface area contributed by atoms with Crippen LogP contribution < -0.4 is 4.74 Å². The minimum atomic E-state index is -1.72. The van der Waals surface area contributed by atoms with Gasteiger partial charge >= 0.3 is 0 Å². The Hall–Kier alpha value is -3.62. The van der Waals surface area contributed by atoms with Gasteiger partial charge in [0.2, 0.25) is 5.78 Å². The summed E-state index contributed by atoms with van der Waals surface area (Å²) in [4.78, 5) is 29.5. The van der Waals surface area contributed by atoms with Gasteiger partial charge in [-0.15, -0.1) is 0 Å². The van der Waals surface area contributed by atoms with Crippen LogP contribution in [0.15, 0.2) is 66.7 Å². The third kappa shape index (κ3) is 5.44. The summed E-state index contributed by atoms with van der Waals surface area (Å²) in [6.07, 6.45) is 3.54. The molecule has 2 aliphatic rings. The Morgan fingerprint density at radius 1 is 0.974 bits per heavy atom. The standard InChI is InChI=1S/C31H32F2N2O4/c1-20(31(38,35-17-3-4-18-35)24-11-16-28(27(33)19-24)39-26-14-15-26)34(2)30(37)29(36)23-7-5-21(6-8-23)22-9-12-25(32)13-10-22/h5-13,16,19-20,26,38H,3-4,14-15,17-18H2,1-2H3/t20-,31+/m1/s1. The summed E-state index contributed by atoms with van der Waals surface area (Å²) in [5.74, 6) is -2.29. The molecule has 1 amide bonds. The Morgan fingerprint density at radius 3 is 2.13 bits per heavy atom. The largest absolute Gasteiger partial charge is 0.487 e. The number of carbonyl (C=O) groups is 2. The predicted octanol–water partition coefficient (Wildman–Crippen LogP) is 5.14. The van der Waals surface area contributed by atoms with Gasteiger partial charge in [-0.3, -0.25) is 14.5 Å². The number of carbonyl (C=O) groups excluding carboxylic acids is 2. The van der Waals surface area contributed by atoms with E-state index in [2.05, 4.69) is 0 Å². The van der Waals surface area contributed by atoms with Crippen molar-refractivity contribution < 1.29 is 28.2 Å². The number of benzene rings is 3. The van der Waals surface area contributed by atoms with Gasteiger partial charge in [-0.05, 0) is 68.0 Å². The highest BCUT2D eigenvalue weighted by Crippen LogP contribution is 2.37. The third-order valence-corrected chi connectivity index (χ3v) is 7.77. The first-order valence-corrected chi connectivity index (χ1v) is 13.3. The van der Waals surface area contributed by atoms with Crippen LogP contribution >= 0.6 is 0 Å². The molecular weight excluding hydrogens is 502 g/mol. The maximum Gasteiger partial charge on any atom is 0.295 e. The van der Waals surface area contributed by atoms with Crippen LogP contribution in [0.1, 0.15) is 48.5 Å². The van der Waals surface area contributed by atoms with Crippen LogP contribution in [0.4, 0.5) is 8.78 Å². The van der Waals surface area contributed by atoms with Gasteiger partial charge in [0.15, 0.2) is 17.3 Å². The van der Waals surface area contributed by atoms with Crippen LogP contribution in [0.2, 0.25) is 0 Å². The molecule has 2 fully saturated rings. The van der Waals surface area contributed by atoms with E-state index in [0.717, 1.165) is 36.8 Å². The Balaban J connectivity index is 1.37. The first-order chi connectivity index (χ1) is 18.7. The Labute approximate surface area is 226 Å². The van der Waals surface area contributed by atoms with E-state index in [1.165, 1.54) is 36.2 Å². The zero-order valence-electron chi connectivity index (χ0n) is 22.1. The van der Waals surface area contributed by atoms with E-state index in [1.54, 1.807) is 49.4 Å². The highest BCUT2D eigenvalue weighted by Gasteiger charge is 2.46. The van der Waals surface area contributed by atoms with E-state index >= 15 is 0 Å². The van der Waals surface area contributed by atoms with Crippen molar-refractivity contribution in [2.24, 2.45) is 0 Å². The van der Waals surface area contributed by atoms with Crippen molar-refractivity contribution in [2.75, 3.05) is 20.1 Å². The van der Waals surface area contributed by atoms with Crippen molar-refractivity contribution in [3.8, 4) is 16.9 Å². The number of aliphatic hydroxyl groups is 1. The highest BCUT2D eigenvalue weighted by molar-refractivity contribution is 6.42. The van der Waals surface area contributed by atoms with Gasteiger partial charge in [-0.25, -0.2) is 8.78 Å². The maximum atomic E-state index is 15.0. The number of ether oxygens (including phenoxy) is 1. The van der Waals surface area contributed by atoms with Crippen LogP contribution in [0.3, 0.4) is 0 Å². The molecule has 5 rings (SSSR count). The number of Topliss-reactive ketones (excluding diaryl/α,β-unsaturated/α-hetero) is 1. The van der Waals surface area contributed by atoms with Crippen LogP contribution in [0, 0.1) is 11.6 Å². The second kappa shape index (κ2) is 10.9. The summed E-state index contributed by atoms with van der Waals surface area (Å²) in [6.45, 7) is 2.81. The molecule has 6 nitrogen and oxygen atoms in total. The molecule has 3 aromatic rings. The van der Waals surface area contributed by atoms with Crippen LogP contribution in [-0.4, -0.2) is 58.9 Å². The molecule has 1 heterocycles. The molecule has 1 saturated carbocycles. The molecular formula is C31H32F2N2O4. The normalized spacial score (nSPS) is 17.9. The number of nitrogens with zero attached hydrogens (tertiary/aromatic N) is 2. The molecule has 0 radical (unpaired) electrons. The van der Waals surface area contributed by atoms with Gasteiger partial charge in [0.05, 0.1) is 12.1 Å². The molecule has 1 aliphatic heterocycles. The lowest BCUT2D eigenvalue weighted by Crippen LogP contribution is -2.59. The van der Waals surface area contributed by atoms with Gasteiger partial charge in [-0.1, -0.05) is 42.5 Å². The van der Waals surface area contributed by atoms with Gasteiger partial charge < -0.3 is 14.7 Å². The second-order valence-corrected chi connectivity index (χ2v) is 10.4. The van der Waals surface area contributed by atoms with Crippen molar-refractivity contribution in [3.63, 3.8) is 0 Å². The summed E-state index contributed by atoms with van der Waals surface area (Å²) in [7, 11) is 1.47. The van der Waals surface area contributed by atoms with Gasteiger partial charge in [0.1, 0.15) is 5.82 Å². The van der Waals surface area contributed by atoms with Gasteiger partial charge in [0, 0.05) is 31.3 Å². The highest BCUT2D eigenvalue weighted by atomic mass is 19.1. The summed E-state index contributed by atoms with van der Waals surface area (Å²) in [5, 5.41) is 12.1. The van der Waals surface area contributed by atoms with E-state index in [1.807, 2.05) is 4.90 Å². The second-order valence-electron chi connectivity index (χ2n) is 10.4. The molecule has 0 unspecified atom stereocenters. The smallest absolute Gasteiger partial charge is 0.295 e. The molecule has 1 N–H and O–H groups in total. The SMILES string of the molecule is C[C@@H](N(C)C(=O)C(=O)c1ccc(-c2ccc(F)cc2)cc1)[C@](O)(c1ccc(OC2CC2)c(F)c1)N1CCCC1. The summed E-state index contributed by atoms with van der Waals surface area (Å²) in [6, 6.07) is 16.0. The fourth-order valence-corrected chi connectivity index (χ4v) is 5.12. The number of halogens is 2. The van der Waals surface area contributed by atoms with Gasteiger partial charge in [0.25, 0.3) is 5.91 Å². The Bertz CT molecular complexity index is 1350.